The highest BCUT2D eigenvalue weighted by Gasteiger charge is 2.24. The second-order valence-electron chi connectivity index (χ2n) is 5.12. The predicted molar refractivity (Wildman–Crippen MR) is 70.7 cm³/mol. The molecular formula is C15H23NO. The lowest BCUT2D eigenvalue weighted by Gasteiger charge is -2.25. The highest BCUT2D eigenvalue weighted by atomic mass is 16.5. The minimum atomic E-state index is 0.0387. The van der Waals surface area contributed by atoms with Gasteiger partial charge in [-0.3, -0.25) is 0 Å². The molecule has 0 saturated heterocycles. The zero-order valence-corrected chi connectivity index (χ0v) is 10.6. The fourth-order valence-electron chi connectivity index (χ4n) is 2.96. The van der Waals surface area contributed by atoms with E-state index in [2.05, 4.69) is 12.1 Å². The van der Waals surface area contributed by atoms with Crippen molar-refractivity contribution < 1.29 is 4.74 Å². The molecule has 17 heavy (non-hydrogen) atoms. The maximum Gasteiger partial charge on any atom is 0.0971 e. The van der Waals surface area contributed by atoms with Gasteiger partial charge in [0, 0.05) is 13.2 Å². The van der Waals surface area contributed by atoms with Crippen LogP contribution < -0.4 is 5.73 Å². The van der Waals surface area contributed by atoms with Crippen molar-refractivity contribution in [1.82, 2.24) is 0 Å². The molecule has 2 nitrogen and oxygen atoms in total. The first kappa shape index (κ1) is 12.6. The third kappa shape index (κ3) is 3.30. The molecule has 0 amide bonds. The van der Waals surface area contributed by atoms with Crippen molar-refractivity contribution >= 4 is 0 Å². The summed E-state index contributed by atoms with van der Waals surface area (Å²) in [5.74, 6) is 0.811. The Morgan fingerprint density at radius 3 is 2.47 bits per heavy atom. The molecule has 0 heterocycles. The van der Waals surface area contributed by atoms with Crippen LogP contribution in [0.3, 0.4) is 0 Å². The van der Waals surface area contributed by atoms with E-state index in [-0.39, 0.29) is 12.1 Å². The number of ether oxygens (including phenoxy) is 1. The monoisotopic (exact) mass is 233 g/mol. The smallest absolute Gasteiger partial charge is 0.0971 e. The van der Waals surface area contributed by atoms with E-state index in [0.717, 1.165) is 12.3 Å². The van der Waals surface area contributed by atoms with Crippen LogP contribution in [-0.2, 0) is 4.74 Å². The Kier molecular flexibility index (Phi) is 4.57. The molecule has 2 unspecified atom stereocenters. The first-order valence-corrected chi connectivity index (χ1v) is 6.64. The van der Waals surface area contributed by atoms with Gasteiger partial charge >= 0.3 is 0 Å². The summed E-state index contributed by atoms with van der Waals surface area (Å²) in [7, 11) is 1.76. The molecule has 2 heteroatoms. The van der Waals surface area contributed by atoms with E-state index in [1.165, 1.54) is 31.2 Å². The number of methoxy groups -OCH3 is 1. The van der Waals surface area contributed by atoms with Crippen LogP contribution in [0.25, 0.3) is 0 Å². The molecule has 1 fully saturated rings. The van der Waals surface area contributed by atoms with Crippen molar-refractivity contribution in [1.29, 1.82) is 0 Å². The summed E-state index contributed by atoms with van der Waals surface area (Å²) >= 11 is 0. The highest BCUT2D eigenvalue weighted by molar-refractivity contribution is 5.19. The van der Waals surface area contributed by atoms with E-state index >= 15 is 0 Å². The van der Waals surface area contributed by atoms with Crippen LogP contribution in [0, 0.1) is 5.92 Å². The molecule has 0 spiro atoms. The molecule has 1 aromatic rings. The fourth-order valence-corrected chi connectivity index (χ4v) is 2.96. The molecule has 1 aromatic carbocycles. The van der Waals surface area contributed by atoms with Gasteiger partial charge in [-0.1, -0.05) is 56.0 Å². The molecule has 2 atom stereocenters. The second kappa shape index (κ2) is 6.18. The largest absolute Gasteiger partial charge is 0.375 e. The highest BCUT2D eigenvalue weighted by Crippen LogP contribution is 2.31. The SMILES string of the molecule is COC(c1ccccc1)C(N)CC1CCCC1. The molecule has 1 aliphatic carbocycles. The van der Waals surface area contributed by atoms with Crippen LogP contribution in [0.5, 0.6) is 0 Å². The Morgan fingerprint density at radius 1 is 1.24 bits per heavy atom. The maximum absolute atomic E-state index is 6.32. The third-order valence-corrected chi connectivity index (χ3v) is 3.85. The number of benzene rings is 1. The molecule has 0 aromatic heterocycles. The van der Waals surface area contributed by atoms with Gasteiger partial charge in [0.1, 0.15) is 0 Å². The summed E-state index contributed by atoms with van der Waals surface area (Å²) in [6, 6.07) is 10.4. The van der Waals surface area contributed by atoms with Crippen molar-refractivity contribution in [3.05, 3.63) is 35.9 Å². The molecule has 0 radical (unpaired) electrons. The standard InChI is InChI=1S/C15H23NO/c1-17-15(13-9-3-2-4-10-13)14(16)11-12-7-5-6-8-12/h2-4,9-10,12,14-15H,5-8,11,16H2,1H3. The predicted octanol–water partition coefficient (Wildman–Crippen LogP) is 3.28. The molecule has 0 aliphatic heterocycles. The Labute approximate surface area is 104 Å². The number of nitrogens with two attached hydrogens (primary N) is 1. The van der Waals surface area contributed by atoms with Gasteiger partial charge in [0.05, 0.1) is 6.10 Å². The zero-order valence-electron chi connectivity index (χ0n) is 10.6. The van der Waals surface area contributed by atoms with E-state index in [1.54, 1.807) is 7.11 Å². The summed E-state index contributed by atoms with van der Waals surface area (Å²) in [6.45, 7) is 0. The van der Waals surface area contributed by atoms with Gasteiger partial charge in [0.25, 0.3) is 0 Å². The van der Waals surface area contributed by atoms with Gasteiger partial charge < -0.3 is 10.5 Å². The first-order chi connectivity index (χ1) is 8.31. The minimum absolute atomic E-state index is 0.0387. The summed E-state index contributed by atoms with van der Waals surface area (Å²) in [5.41, 5.74) is 7.51. The normalized spacial score (nSPS) is 20.4. The van der Waals surface area contributed by atoms with Gasteiger partial charge in [-0.25, -0.2) is 0 Å². The minimum Gasteiger partial charge on any atom is -0.375 e. The Morgan fingerprint density at radius 2 is 1.88 bits per heavy atom. The zero-order chi connectivity index (χ0) is 12.1. The van der Waals surface area contributed by atoms with Crippen molar-refractivity contribution in [3.63, 3.8) is 0 Å². The molecule has 2 rings (SSSR count). The third-order valence-electron chi connectivity index (χ3n) is 3.85. The van der Waals surface area contributed by atoms with Gasteiger partial charge in [0.2, 0.25) is 0 Å². The van der Waals surface area contributed by atoms with Crippen molar-refractivity contribution in [2.24, 2.45) is 11.7 Å². The molecule has 0 bridgehead atoms. The van der Waals surface area contributed by atoms with Crippen LogP contribution in [0.1, 0.15) is 43.8 Å². The topological polar surface area (TPSA) is 35.2 Å². The van der Waals surface area contributed by atoms with Crippen molar-refractivity contribution in [2.75, 3.05) is 7.11 Å². The lowest BCUT2D eigenvalue weighted by molar-refractivity contribution is 0.0724. The van der Waals surface area contributed by atoms with E-state index in [0.29, 0.717) is 0 Å². The lowest BCUT2D eigenvalue weighted by atomic mass is 9.92. The van der Waals surface area contributed by atoms with E-state index in [4.69, 9.17) is 10.5 Å². The van der Waals surface area contributed by atoms with Crippen LogP contribution >= 0.6 is 0 Å². The molecule has 2 N–H and O–H groups in total. The summed E-state index contributed by atoms with van der Waals surface area (Å²) in [6.07, 6.45) is 6.57. The summed E-state index contributed by atoms with van der Waals surface area (Å²) < 4.78 is 5.58. The quantitative estimate of drug-likeness (QED) is 0.847. The van der Waals surface area contributed by atoms with E-state index in [1.807, 2.05) is 18.2 Å². The van der Waals surface area contributed by atoms with Crippen LogP contribution in [0.4, 0.5) is 0 Å². The summed E-state index contributed by atoms with van der Waals surface area (Å²) in [5, 5.41) is 0. The second-order valence-corrected chi connectivity index (χ2v) is 5.12. The van der Waals surface area contributed by atoms with Crippen LogP contribution in [0.2, 0.25) is 0 Å². The molecular weight excluding hydrogens is 210 g/mol. The molecule has 1 saturated carbocycles. The fraction of sp³-hybridized carbons (Fsp3) is 0.600. The molecule has 1 aliphatic rings. The Balaban J connectivity index is 1.97. The van der Waals surface area contributed by atoms with Crippen LogP contribution in [0.15, 0.2) is 30.3 Å². The van der Waals surface area contributed by atoms with Crippen molar-refractivity contribution in [3.8, 4) is 0 Å². The number of hydrogen-bond donors (Lipinski definition) is 1. The Bertz CT molecular complexity index is 319. The van der Waals surface area contributed by atoms with Crippen molar-refractivity contribution in [2.45, 2.75) is 44.2 Å². The number of rotatable bonds is 5. The molecule has 94 valence electrons. The maximum atomic E-state index is 6.32. The van der Waals surface area contributed by atoms with Crippen LogP contribution in [-0.4, -0.2) is 13.2 Å². The van der Waals surface area contributed by atoms with Gasteiger partial charge in [0.15, 0.2) is 0 Å². The van der Waals surface area contributed by atoms with Gasteiger partial charge in [-0.15, -0.1) is 0 Å². The Hall–Kier alpha value is -0.860. The van der Waals surface area contributed by atoms with E-state index in [9.17, 15) is 0 Å². The average Bonchev–Trinajstić information content (AvgIpc) is 2.84. The average molecular weight is 233 g/mol. The first-order valence-electron chi connectivity index (χ1n) is 6.64. The number of hydrogen-bond acceptors (Lipinski definition) is 2. The van der Waals surface area contributed by atoms with Gasteiger partial charge in [-0.2, -0.15) is 0 Å². The summed E-state index contributed by atoms with van der Waals surface area (Å²) in [4.78, 5) is 0. The van der Waals surface area contributed by atoms with Gasteiger partial charge in [-0.05, 0) is 17.9 Å². The van der Waals surface area contributed by atoms with E-state index < -0.39 is 0 Å². The lowest BCUT2D eigenvalue weighted by Crippen LogP contribution is -2.31.